The van der Waals surface area contributed by atoms with Gasteiger partial charge >= 0.3 is 5.97 Å². The number of benzene rings is 1. The third-order valence-electron chi connectivity index (χ3n) is 4.73. The fourth-order valence-electron chi connectivity index (χ4n) is 3.54. The third-order valence-corrected chi connectivity index (χ3v) is 4.73. The molecule has 0 spiro atoms. The molecule has 0 saturated carbocycles. The number of carboxylic acid groups (broad SMARTS) is 1. The Hall–Kier alpha value is -2.62. The molecule has 1 N–H and O–H groups in total. The lowest BCUT2D eigenvalue weighted by Crippen LogP contribution is -2.33. The zero-order chi connectivity index (χ0) is 18.0. The molecule has 1 aromatic carbocycles. The van der Waals surface area contributed by atoms with E-state index >= 15 is 0 Å². The fraction of sp³-hybridized carbons (Fsp3) is 0.350. The van der Waals surface area contributed by atoms with Crippen LogP contribution in [0.3, 0.4) is 0 Å². The van der Waals surface area contributed by atoms with Crippen LogP contribution in [0.5, 0.6) is 0 Å². The van der Waals surface area contributed by atoms with Crippen molar-refractivity contribution < 1.29 is 19.4 Å². The highest BCUT2D eigenvalue weighted by Crippen LogP contribution is 2.35. The molecule has 0 radical (unpaired) electrons. The van der Waals surface area contributed by atoms with Crippen molar-refractivity contribution in [3.05, 3.63) is 58.3 Å². The Bertz CT molecular complexity index is 815. The lowest BCUT2D eigenvalue weighted by Gasteiger charge is -2.32. The van der Waals surface area contributed by atoms with Gasteiger partial charge in [0.05, 0.1) is 16.8 Å². The van der Waals surface area contributed by atoms with Gasteiger partial charge in [-0.2, -0.15) is 0 Å². The summed E-state index contributed by atoms with van der Waals surface area (Å²) in [7, 11) is 1.40. The number of nitrogens with zero attached hydrogens (tertiary/aromatic N) is 1. The molecule has 0 bridgehead atoms. The van der Waals surface area contributed by atoms with E-state index in [1.165, 1.54) is 24.3 Å². The zero-order valence-electron chi connectivity index (χ0n) is 14.4. The second-order valence-electron chi connectivity index (χ2n) is 6.35. The summed E-state index contributed by atoms with van der Waals surface area (Å²) in [5, 5.41) is 9.35. The van der Waals surface area contributed by atoms with Gasteiger partial charge in [0.25, 0.3) is 0 Å². The molecule has 1 aliphatic heterocycles. The summed E-state index contributed by atoms with van der Waals surface area (Å²) < 4.78 is 5.31. The average Bonchev–Trinajstić information content (AvgIpc) is 2.81. The van der Waals surface area contributed by atoms with Crippen LogP contribution in [0, 0.1) is 6.92 Å². The molecule has 1 aliphatic carbocycles. The van der Waals surface area contributed by atoms with E-state index in [0.29, 0.717) is 5.70 Å². The van der Waals surface area contributed by atoms with E-state index in [9.17, 15) is 14.7 Å². The van der Waals surface area contributed by atoms with Crippen molar-refractivity contribution >= 4 is 17.6 Å². The van der Waals surface area contributed by atoms with Crippen LogP contribution >= 0.6 is 0 Å². The first kappa shape index (κ1) is 17.2. The van der Waals surface area contributed by atoms with E-state index in [1.807, 2.05) is 5.94 Å². The number of hydrogen-bond acceptors (Lipinski definition) is 4. The molecule has 0 saturated heterocycles. The van der Waals surface area contributed by atoms with Gasteiger partial charge in [-0.3, -0.25) is 0 Å². The van der Waals surface area contributed by atoms with E-state index in [0.717, 1.165) is 31.5 Å². The second-order valence-corrected chi connectivity index (χ2v) is 6.35. The number of aliphatic carboxylic acids is 1. The summed E-state index contributed by atoms with van der Waals surface area (Å²) in [5.41, 5.74) is 4.44. The molecule has 5 nitrogen and oxygen atoms in total. The van der Waals surface area contributed by atoms with Gasteiger partial charge in [-0.15, -0.1) is 0 Å². The molecule has 0 fully saturated rings. The van der Waals surface area contributed by atoms with Crippen LogP contribution in [-0.2, 0) is 20.7 Å². The van der Waals surface area contributed by atoms with E-state index in [2.05, 4.69) is 30.0 Å². The van der Waals surface area contributed by atoms with Crippen molar-refractivity contribution in [2.24, 2.45) is 0 Å². The van der Waals surface area contributed by atoms with E-state index in [1.54, 1.807) is 6.08 Å². The number of carboxylic acids is 1. The van der Waals surface area contributed by atoms with Gasteiger partial charge in [-0.1, -0.05) is 17.7 Å². The fourth-order valence-corrected chi connectivity index (χ4v) is 3.54. The summed E-state index contributed by atoms with van der Waals surface area (Å²) >= 11 is 0. The van der Waals surface area contributed by atoms with E-state index in [4.69, 9.17) is 4.74 Å². The molecule has 2 aliphatic rings. The minimum Gasteiger partial charge on any atom is -0.478 e. The summed E-state index contributed by atoms with van der Waals surface area (Å²) in [5.74, 6) is 0.832. The van der Waals surface area contributed by atoms with E-state index in [-0.39, 0.29) is 11.1 Å². The van der Waals surface area contributed by atoms with Crippen LogP contribution < -0.4 is 4.90 Å². The topological polar surface area (TPSA) is 66.8 Å². The Morgan fingerprint density at radius 2 is 2.12 bits per heavy atom. The van der Waals surface area contributed by atoms with Crippen molar-refractivity contribution in [1.82, 2.24) is 0 Å². The van der Waals surface area contributed by atoms with Gasteiger partial charge in [0.15, 0.2) is 0 Å². The molecule has 0 amide bonds. The van der Waals surface area contributed by atoms with Crippen LogP contribution in [0.1, 0.15) is 24.0 Å². The van der Waals surface area contributed by atoms with Crippen LogP contribution in [0.4, 0.5) is 5.69 Å². The lowest BCUT2D eigenvalue weighted by atomic mass is 9.93. The van der Waals surface area contributed by atoms with Crippen molar-refractivity contribution in [2.45, 2.75) is 32.3 Å². The Morgan fingerprint density at radius 1 is 1.32 bits per heavy atom. The molecule has 1 aromatic rings. The van der Waals surface area contributed by atoms with Gasteiger partial charge in [-0.05, 0) is 50.0 Å². The SMILES string of the molecule is COC1C(=C=O)C(N2CCCCc3cc(C)ccc32)=CC=C1C(=O)O. The number of rotatable bonds is 3. The summed E-state index contributed by atoms with van der Waals surface area (Å²) in [6.07, 6.45) is 5.35. The maximum Gasteiger partial charge on any atom is 0.334 e. The average molecular weight is 339 g/mol. The van der Waals surface area contributed by atoms with Crippen LogP contribution in [0.25, 0.3) is 0 Å². The van der Waals surface area contributed by atoms with Crippen molar-refractivity contribution in [2.75, 3.05) is 18.6 Å². The van der Waals surface area contributed by atoms with Crippen molar-refractivity contribution in [3.8, 4) is 0 Å². The number of allylic oxidation sites excluding steroid dienone is 2. The van der Waals surface area contributed by atoms with Crippen molar-refractivity contribution in [1.29, 1.82) is 0 Å². The highest BCUT2D eigenvalue weighted by molar-refractivity contribution is 5.92. The summed E-state index contributed by atoms with van der Waals surface area (Å²) in [6.45, 7) is 2.83. The molecule has 3 rings (SSSR count). The number of carbonyl (C=O) groups excluding carboxylic acids is 1. The molecule has 1 unspecified atom stereocenters. The van der Waals surface area contributed by atoms with E-state index < -0.39 is 12.1 Å². The quantitative estimate of drug-likeness (QED) is 0.858. The van der Waals surface area contributed by atoms with Gasteiger partial charge in [0, 0.05) is 19.3 Å². The Labute approximate surface area is 146 Å². The molecule has 130 valence electrons. The third kappa shape index (κ3) is 3.16. The van der Waals surface area contributed by atoms with Crippen LogP contribution in [-0.4, -0.2) is 36.8 Å². The maximum absolute atomic E-state index is 11.7. The van der Waals surface area contributed by atoms with Gasteiger partial charge < -0.3 is 14.7 Å². The Morgan fingerprint density at radius 3 is 2.80 bits per heavy atom. The number of anilines is 1. The second kappa shape index (κ2) is 7.09. The molecule has 0 aromatic heterocycles. The monoisotopic (exact) mass is 339 g/mol. The molecule has 5 heteroatoms. The first-order valence-electron chi connectivity index (χ1n) is 8.37. The first-order valence-corrected chi connectivity index (χ1v) is 8.37. The number of aryl methyl sites for hydroxylation is 2. The van der Waals surface area contributed by atoms with Gasteiger partial charge in [-0.25, -0.2) is 9.59 Å². The van der Waals surface area contributed by atoms with Gasteiger partial charge in [0.2, 0.25) is 0 Å². The Balaban J connectivity index is 2.12. The highest BCUT2D eigenvalue weighted by atomic mass is 16.5. The van der Waals surface area contributed by atoms with Gasteiger partial charge in [0.1, 0.15) is 12.0 Å². The number of ether oxygens (including phenoxy) is 1. The normalized spacial score (nSPS) is 20.2. The standard InChI is InChI=1S/C20H21NO4/c1-13-6-8-17-14(11-13)5-3-4-10-21(17)18-9-7-15(20(23)24)19(25-2)16(18)12-22/h6-9,11,19H,3-5,10H2,1-2H3,(H,23,24). The highest BCUT2D eigenvalue weighted by Gasteiger charge is 2.33. The molecular weight excluding hydrogens is 318 g/mol. The number of fused-ring (bicyclic) bond motifs is 1. The predicted molar refractivity (Wildman–Crippen MR) is 95.3 cm³/mol. The first-order chi connectivity index (χ1) is 12.1. The Kier molecular flexibility index (Phi) is 4.88. The number of carbonyl (C=O) groups is 1. The summed E-state index contributed by atoms with van der Waals surface area (Å²) in [6, 6.07) is 6.29. The largest absolute Gasteiger partial charge is 0.478 e. The van der Waals surface area contributed by atoms with Crippen molar-refractivity contribution in [3.63, 3.8) is 0 Å². The minimum absolute atomic E-state index is 0.0450. The van der Waals surface area contributed by atoms with Crippen LogP contribution in [0.2, 0.25) is 0 Å². The molecule has 25 heavy (non-hydrogen) atoms. The molecular formula is C20H21NO4. The number of methoxy groups -OCH3 is 1. The smallest absolute Gasteiger partial charge is 0.334 e. The minimum atomic E-state index is -1.10. The summed E-state index contributed by atoms with van der Waals surface area (Å²) in [4.78, 5) is 25.2. The molecule has 1 atom stereocenters. The molecule has 1 heterocycles. The zero-order valence-corrected chi connectivity index (χ0v) is 14.4. The predicted octanol–water partition coefficient (Wildman–Crippen LogP) is 2.82. The number of hydrogen-bond donors (Lipinski definition) is 1. The maximum atomic E-state index is 11.7. The lowest BCUT2D eigenvalue weighted by molar-refractivity contribution is -0.133. The van der Waals surface area contributed by atoms with Crippen LogP contribution in [0.15, 0.2) is 47.2 Å².